The average molecular weight is 473 g/mol. The smallest absolute Gasteiger partial charge is 0.193 e. The predicted octanol–water partition coefficient (Wildman–Crippen LogP) is 3.42. The molecule has 1 aromatic rings. The molecule has 5 nitrogen and oxygen atoms in total. The van der Waals surface area contributed by atoms with Crippen molar-refractivity contribution in [3.63, 3.8) is 0 Å². The Labute approximate surface area is 174 Å². The van der Waals surface area contributed by atoms with Gasteiger partial charge < -0.3 is 19.7 Å². The van der Waals surface area contributed by atoms with E-state index in [0.717, 1.165) is 38.8 Å². The summed E-state index contributed by atoms with van der Waals surface area (Å²) in [5.41, 5.74) is 2.83. The highest BCUT2D eigenvalue weighted by Crippen LogP contribution is 2.38. The molecule has 26 heavy (non-hydrogen) atoms. The molecule has 6 heteroatoms. The van der Waals surface area contributed by atoms with Gasteiger partial charge in [0.2, 0.25) is 0 Å². The van der Waals surface area contributed by atoms with E-state index in [1.165, 1.54) is 24.0 Å². The Morgan fingerprint density at radius 1 is 1.27 bits per heavy atom. The molecule has 2 heterocycles. The van der Waals surface area contributed by atoms with Crippen LogP contribution in [-0.2, 0) is 22.6 Å². The Balaban J connectivity index is 0.00000243. The summed E-state index contributed by atoms with van der Waals surface area (Å²) in [5.74, 6) is 0.996. The third-order valence-electron chi connectivity index (χ3n) is 5.19. The highest BCUT2D eigenvalue weighted by atomic mass is 127. The Bertz CT molecular complexity index is 583. The van der Waals surface area contributed by atoms with E-state index in [-0.39, 0.29) is 30.1 Å². The molecule has 1 N–H and O–H groups in total. The van der Waals surface area contributed by atoms with Crippen LogP contribution in [0, 0.1) is 5.41 Å². The van der Waals surface area contributed by atoms with Crippen molar-refractivity contribution in [2.45, 2.75) is 45.9 Å². The van der Waals surface area contributed by atoms with Crippen molar-refractivity contribution in [3.8, 4) is 0 Å². The molecule has 2 fully saturated rings. The molecule has 2 aliphatic rings. The van der Waals surface area contributed by atoms with Crippen LogP contribution in [0.2, 0.25) is 0 Å². The van der Waals surface area contributed by atoms with Crippen LogP contribution in [0.5, 0.6) is 0 Å². The summed E-state index contributed by atoms with van der Waals surface area (Å²) in [7, 11) is 1.87. The van der Waals surface area contributed by atoms with Crippen LogP contribution >= 0.6 is 24.0 Å². The molecule has 0 aromatic heterocycles. The van der Waals surface area contributed by atoms with E-state index in [9.17, 15) is 0 Å². The largest absolute Gasteiger partial charge is 0.381 e. The molecule has 1 aromatic carbocycles. The van der Waals surface area contributed by atoms with Crippen molar-refractivity contribution in [1.82, 2.24) is 10.2 Å². The normalized spacial score (nSPS) is 22.9. The van der Waals surface area contributed by atoms with E-state index in [1.807, 2.05) is 7.05 Å². The highest BCUT2D eigenvalue weighted by molar-refractivity contribution is 14.0. The number of likely N-dealkylation sites (tertiary alicyclic amines) is 1. The van der Waals surface area contributed by atoms with Crippen LogP contribution in [0.25, 0.3) is 0 Å². The maximum absolute atomic E-state index is 5.65. The molecule has 1 spiro atoms. The Kier molecular flexibility index (Phi) is 8.16. The van der Waals surface area contributed by atoms with Gasteiger partial charge in [-0.2, -0.15) is 0 Å². The number of nitrogens with one attached hydrogen (secondary N) is 1. The fourth-order valence-corrected chi connectivity index (χ4v) is 3.62. The molecule has 3 rings (SSSR count). The molecule has 2 aliphatic heterocycles. The molecule has 0 amide bonds. The highest BCUT2D eigenvalue weighted by Gasteiger charge is 2.42. The molecule has 2 saturated heterocycles. The van der Waals surface area contributed by atoms with E-state index >= 15 is 0 Å². The van der Waals surface area contributed by atoms with E-state index in [1.54, 1.807) is 0 Å². The van der Waals surface area contributed by atoms with Gasteiger partial charge in [-0.3, -0.25) is 4.99 Å². The van der Waals surface area contributed by atoms with Crippen molar-refractivity contribution >= 4 is 29.9 Å². The first kappa shape index (κ1) is 21.4. The molecule has 146 valence electrons. The zero-order chi connectivity index (χ0) is 17.7. The van der Waals surface area contributed by atoms with Gasteiger partial charge in [0.1, 0.15) is 0 Å². The summed E-state index contributed by atoms with van der Waals surface area (Å²) < 4.78 is 11.3. The fourth-order valence-electron chi connectivity index (χ4n) is 3.62. The van der Waals surface area contributed by atoms with E-state index in [4.69, 9.17) is 9.47 Å². The molecular weight excluding hydrogens is 441 g/mol. The van der Waals surface area contributed by atoms with E-state index in [0.29, 0.717) is 12.0 Å². The van der Waals surface area contributed by atoms with Gasteiger partial charge in [-0.15, -0.1) is 24.0 Å². The summed E-state index contributed by atoms with van der Waals surface area (Å²) in [6, 6.07) is 8.61. The van der Waals surface area contributed by atoms with Crippen molar-refractivity contribution in [3.05, 3.63) is 35.4 Å². The van der Waals surface area contributed by atoms with Crippen LogP contribution in [0.15, 0.2) is 29.3 Å². The molecule has 0 aliphatic carbocycles. The fraction of sp³-hybridized carbons (Fsp3) is 0.650. The van der Waals surface area contributed by atoms with Crippen molar-refractivity contribution in [1.29, 1.82) is 0 Å². The third-order valence-corrected chi connectivity index (χ3v) is 5.19. The zero-order valence-corrected chi connectivity index (χ0v) is 18.5. The van der Waals surface area contributed by atoms with Gasteiger partial charge in [-0.05, 0) is 37.8 Å². The summed E-state index contributed by atoms with van der Waals surface area (Å²) in [4.78, 5) is 6.85. The lowest BCUT2D eigenvalue weighted by Crippen LogP contribution is -2.41. The van der Waals surface area contributed by atoms with Gasteiger partial charge in [0.15, 0.2) is 5.96 Å². The maximum Gasteiger partial charge on any atom is 0.193 e. The monoisotopic (exact) mass is 473 g/mol. The minimum absolute atomic E-state index is 0. The lowest BCUT2D eigenvalue weighted by Gasteiger charge is -2.25. The van der Waals surface area contributed by atoms with E-state index in [2.05, 4.69) is 53.3 Å². The number of aliphatic imine (C=N–C) groups is 1. The molecule has 0 radical (unpaired) electrons. The third kappa shape index (κ3) is 5.57. The number of guanidine groups is 1. The number of benzene rings is 1. The Morgan fingerprint density at radius 3 is 2.62 bits per heavy atom. The van der Waals surface area contributed by atoms with E-state index < -0.39 is 0 Å². The van der Waals surface area contributed by atoms with Crippen LogP contribution in [0.3, 0.4) is 0 Å². The molecule has 1 unspecified atom stereocenters. The van der Waals surface area contributed by atoms with Crippen molar-refractivity contribution < 1.29 is 9.47 Å². The van der Waals surface area contributed by atoms with Crippen LogP contribution in [0.4, 0.5) is 0 Å². The molecule has 1 atom stereocenters. The van der Waals surface area contributed by atoms with Crippen LogP contribution in [-0.4, -0.2) is 50.3 Å². The molecule has 0 bridgehead atoms. The van der Waals surface area contributed by atoms with Crippen molar-refractivity contribution in [2.75, 3.05) is 33.4 Å². The number of hydrogen-bond acceptors (Lipinski definition) is 3. The van der Waals surface area contributed by atoms with Crippen molar-refractivity contribution in [2.24, 2.45) is 10.4 Å². The number of nitrogens with zero attached hydrogens (tertiary/aromatic N) is 2. The topological polar surface area (TPSA) is 46.1 Å². The maximum atomic E-state index is 5.65. The van der Waals surface area contributed by atoms with Crippen LogP contribution < -0.4 is 5.32 Å². The molecular formula is C20H32IN3O2. The molecule has 0 saturated carbocycles. The van der Waals surface area contributed by atoms with Crippen LogP contribution in [0.1, 0.15) is 37.8 Å². The second-order valence-corrected chi connectivity index (χ2v) is 7.55. The Morgan fingerprint density at radius 2 is 2.00 bits per heavy atom. The summed E-state index contributed by atoms with van der Waals surface area (Å²) in [6.07, 6.45) is 2.65. The first-order valence-electron chi connectivity index (χ1n) is 9.33. The minimum Gasteiger partial charge on any atom is -0.381 e. The summed E-state index contributed by atoms with van der Waals surface area (Å²) in [5, 5.41) is 3.51. The second kappa shape index (κ2) is 9.90. The van der Waals surface area contributed by atoms with Gasteiger partial charge in [-0.1, -0.05) is 24.3 Å². The Hall–Kier alpha value is -0.860. The lowest BCUT2D eigenvalue weighted by atomic mass is 9.87. The SMILES string of the molecule is CN=C(NCc1ccc(COC(C)C)cc1)N1CCC2(CCOC2)C1.I. The number of hydrogen-bond donors (Lipinski definition) is 1. The number of halogens is 1. The standard InChI is InChI=1S/C20H31N3O2.HI/c1-16(2)25-13-18-6-4-17(5-7-18)12-22-19(21-3)23-10-8-20(14-23)9-11-24-15-20;/h4-7,16H,8-15H2,1-3H3,(H,21,22);1H. The number of rotatable bonds is 5. The predicted molar refractivity (Wildman–Crippen MR) is 116 cm³/mol. The van der Waals surface area contributed by atoms with Gasteiger partial charge in [0.05, 0.1) is 19.3 Å². The van der Waals surface area contributed by atoms with Gasteiger partial charge in [0.25, 0.3) is 0 Å². The minimum atomic E-state index is 0. The van der Waals surface area contributed by atoms with Gasteiger partial charge in [-0.25, -0.2) is 0 Å². The van der Waals surface area contributed by atoms with Gasteiger partial charge in [0, 0.05) is 38.7 Å². The summed E-state index contributed by atoms with van der Waals surface area (Å²) >= 11 is 0. The quantitative estimate of drug-likeness (QED) is 0.405. The second-order valence-electron chi connectivity index (χ2n) is 7.55. The first-order chi connectivity index (χ1) is 12.1. The van der Waals surface area contributed by atoms with Gasteiger partial charge >= 0.3 is 0 Å². The lowest BCUT2D eigenvalue weighted by molar-refractivity contribution is 0.0657. The first-order valence-corrected chi connectivity index (χ1v) is 9.33. The number of ether oxygens (including phenoxy) is 2. The zero-order valence-electron chi connectivity index (χ0n) is 16.2. The average Bonchev–Trinajstić information content (AvgIpc) is 3.25. The summed E-state index contributed by atoms with van der Waals surface area (Å²) in [6.45, 7) is 9.51.